The number of nitrogens with zero attached hydrogens (tertiary/aromatic N) is 1. The zero-order valence-corrected chi connectivity index (χ0v) is 11.1. The fraction of sp³-hybridized carbons (Fsp3) is 0.600. The first-order chi connectivity index (χ1) is 8.79. The Balaban J connectivity index is 1.92. The summed E-state index contributed by atoms with van der Waals surface area (Å²) >= 11 is 0. The van der Waals surface area contributed by atoms with Crippen LogP contribution < -0.4 is 5.73 Å². The Morgan fingerprint density at radius 1 is 1.44 bits per heavy atom. The standard InChI is InChI=1S/C15H22N2O/c1-17-9-11(8-16)7-15(17)13-4-2-3-12-5-6-18-10-14(12)13/h2-4,11,15H,5-10,16H2,1H3. The van der Waals surface area contributed by atoms with Gasteiger partial charge in [-0.15, -0.1) is 0 Å². The minimum absolute atomic E-state index is 0.523. The van der Waals surface area contributed by atoms with Gasteiger partial charge in [-0.05, 0) is 49.0 Å². The van der Waals surface area contributed by atoms with Crippen LogP contribution in [0.3, 0.4) is 0 Å². The molecule has 3 nitrogen and oxygen atoms in total. The highest BCUT2D eigenvalue weighted by molar-refractivity contribution is 5.38. The SMILES string of the molecule is CN1CC(CN)CC1c1cccc2c1COCC2. The van der Waals surface area contributed by atoms with E-state index in [1.54, 1.807) is 0 Å². The molecule has 2 heterocycles. The van der Waals surface area contributed by atoms with Crippen LogP contribution in [-0.4, -0.2) is 31.6 Å². The maximum atomic E-state index is 5.82. The van der Waals surface area contributed by atoms with Crippen molar-refractivity contribution in [3.63, 3.8) is 0 Å². The monoisotopic (exact) mass is 246 g/mol. The highest BCUT2D eigenvalue weighted by Gasteiger charge is 2.31. The molecular formula is C15H22N2O. The second kappa shape index (κ2) is 5.00. The van der Waals surface area contributed by atoms with Crippen molar-refractivity contribution in [3.05, 3.63) is 34.9 Å². The van der Waals surface area contributed by atoms with Gasteiger partial charge in [0.25, 0.3) is 0 Å². The summed E-state index contributed by atoms with van der Waals surface area (Å²) in [7, 11) is 2.21. The van der Waals surface area contributed by atoms with Gasteiger partial charge in [-0.1, -0.05) is 18.2 Å². The lowest BCUT2D eigenvalue weighted by Crippen LogP contribution is -2.22. The lowest BCUT2D eigenvalue weighted by molar-refractivity contribution is 0.109. The number of hydrogen-bond acceptors (Lipinski definition) is 3. The fourth-order valence-corrected chi connectivity index (χ4v) is 3.37. The molecule has 0 radical (unpaired) electrons. The van der Waals surface area contributed by atoms with Crippen LogP contribution in [0.25, 0.3) is 0 Å². The number of fused-ring (bicyclic) bond motifs is 1. The van der Waals surface area contributed by atoms with Crippen molar-refractivity contribution >= 4 is 0 Å². The zero-order valence-electron chi connectivity index (χ0n) is 11.1. The van der Waals surface area contributed by atoms with E-state index in [2.05, 4.69) is 30.1 Å². The van der Waals surface area contributed by atoms with Gasteiger partial charge >= 0.3 is 0 Å². The molecule has 1 saturated heterocycles. The third-order valence-electron chi connectivity index (χ3n) is 4.40. The summed E-state index contributed by atoms with van der Waals surface area (Å²) in [5.41, 5.74) is 10.2. The number of nitrogens with two attached hydrogens (primary N) is 1. The van der Waals surface area contributed by atoms with Gasteiger partial charge in [0.15, 0.2) is 0 Å². The topological polar surface area (TPSA) is 38.5 Å². The molecule has 18 heavy (non-hydrogen) atoms. The van der Waals surface area contributed by atoms with Crippen LogP contribution in [-0.2, 0) is 17.8 Å². The first kappa shape index (κ1) is 12.2. The summed E-state index contributed by atoms with van der Waals surface area (Å²) in [4.78, 5) is 2.45. The van der Waals surface area contributed by atoms with Crippen LogP contribution in [0.5, 0.6) is 0 Å². The third kappa shape index (κ3) is 2.07. The number of rotatable bonds is 2. The number of benzene rings is 1. The van der Waals surface area contributed by atoms with Crippen LogP contribution in [0.2, 0.25) is 0 Å². The predicted molar refractivity (Wildman–Crippen MR) is 72.3 cm³/mol. The van der Waals surface area contributed by atoms with Gasteiger partial charge in [-0.25, -0.2) is 0 Å². The summed E-state index contributed by atoms with van der Waals surface area (Å²) < 4.78 is 5.64. The van der Waals surface area contributed by atoms with E-state index in [4.69, 9.17) is 10.5 Å². The minimum atomic E-state index is 0.523. The molecule has 3 heteroatoms. The van der Waals surface area contributed by atoms with Gasteiger partial charge in [0, 0.05) is 12.6 Å². The minimum Gasteiger partial charge on any atom is -0.376 e. The lowest BCUT2D eigenvalue weighted by Gasteiger charge is -2.26. The molecule has 98 valence electrons. The molecule has 0 spiro atoms. The van der Waals surface area contributed by atoms with E-state index in [1.807, 2.05) is 0 Å². The summed E-state index contributed by atoms with van der Waals surface area (Å²) in [5, 5.41) is 0. The van der Waals surface area contributed by atoms with E-state index in [1.165, 1.54) is 23.1 Å². The molecule has 0 amide bonds. The quantitative estimate of drug-likeness (QED) is 0.863. The summed E-state index contributed by atoms with van der Waals surface area (Å²) in [6.07, 6.45) is 2.24. The van der Waals surface area contributed by atoms with E-state index < -0.39 is 0 Å². The van der Waals surface area contributed by atoms with E-state index in [0.29, 0.717) is 12.0 Å². The van der Waals surface area contributed by atoms with Gasteiger partial charge in [-0.2, -0.15) is 0 Å². The van der Waals surface area contributed by atoms with Crippen LogP contribution >= 0.6 is 0 Å². The van der Waals surface area contributed by atoms with E-state index >= 15 is 0 Å². The Bertz CT molecular complexity index is 433. The van der Waals surface area contributed by atoms with E-state index in [-0.39, 0.29) is 0 Å². The lowest BCUT2D eigenvalue weighted by atomic mass is 9.91. The maximum Gasteiger partial charge on any atom is 0.0722 e. The Morgan fingerprint density at radius 3 is 3.11 bits per heavy atom. The molecule has 0 aliphatic carbocycles. The van der Waals surface area contributed by atoms with Crippen molar-refractivity contribution in [1.82, 2.24) is 4.90 Å². The zero-order chi connectivity index (χ0) is 12.5. The normalized spacial score (nSPS) is 28.3. The molecule has 2 N–H and O–H groups in total. The van der Waals surface area contributed by atoms with Crippen molar-refractivity contribution in [2.24, 2.45) is 11.7 Å². The Labute approximate surface area is 109 Å². The second-order valence-corrected chi connectivity index (χ2v) is 5.58. The smallest absolute Gasteiger partial charge is 0.0722 e. The molecular weight excluding hydrogens is 224 g/mol. The van der Waals surface area contributed by atoms with Crippen molar-refractivity contribution in [2.45, 2.75) is 25.5 Å². The molecule has 2 aliphatic heterocycles. The van der Waals surface area contributed by atoms with E-state index in [0.717, 1.165) is 32.7 Å². The van der Waals surface area contributed by atoms with Gasteiger partial charge in [-0.3, -0.25) is 4.90 Å². The summed E-state index contributed by atoms with van der Waals surface area (Å²) in [5.74, 6) is 0.639. The maximum absolute atomic E-state index is 5.82. The molecule has 3 rings (SSSR count). The Morgan fingerprint density at radius 2 is 2.33 bits per heavy atom. The van der Waals surface area contributed by atoms with Crippen molar-refractivity contribution in [3.8, 4) is 0 Å². The van der Waals surface area contributed by atoms with Crippen LogP contribution in [0, 0.1) is 5.92 Å². The molecule has 2 unspecified atom stereocenters. The number of hydrogen-bond donors (Lipinski definition) is 1. The molecule has 2 aliphatic rings. The van der Waals surface area contributed by atoms with Gasteiger partial charge < -0.3 is 10.5 Å². The van der Waals surface area contributed by atoms with E-state index in [9.17, 15) is 0 Å². The van der Waals surface area contributed by atoms with Crippen LogP contribution in [0.4, 0.5) is 0 Å². The molecule has 1 aromatic carbocycles. The third-order valence-corrected chi connectivity index (χ3v) is 4.40. The fourth-order valence-electron chi connectivity index (χ4n) is 3.37. The van der Waals surface area contributed by atoms with Crippen molar-refractivity contribution in [2.75, 3.05) is 26.7 Å². The molecule has 1 fully saturated rings. The number of ether oxygens (including phenoxy) is 1. The van der Waals surface area contributed by atoms with Crippen molar-refractivity contribution in [1.29, 1.82) is 0 Å². The molecule has 0 bridgehead atoms. The number of likely N-dealkylation sites (tertiary alicyclic amines) is 1. The highest BCUT2D eigenvalue weighted by Crippen LogP contribution is 2.37. The summed E-state index contributed by atoms with van der Waals surface area (Å²) in [6.45, 7) is 3.56. The first-order valence-corrected chi connectivity index (χ1v) is 6.88. The second-order valence-electron chi connectivity index (χ2n) is 5.58. The largest absolute Gasteiger partial charge is 0.376 e. The average molecular weight is 246 g/mol. The van der Waals surface area contributed by atoms with Crippen molar-refractivity contribution < 1.29 is 4.74 Å². The highest BCUT2D eigenvalue weighted by atomic mass is 16.5. The molecule has 0 aromatic heterocycles. The predicted octanol–water partition coefficient (Wildman–Crippen LogP) is 1.71. The average Bonchev–Trinajstić information content (AvgIpc) is 2.79. The molecule has 1 aromatic rings. The first-order valence-electron chi connectivity index (χ1n) is 6.88. The summed E-state index contributed by atoms with van der Waals surface area (Å²) in [6, 6.07) is 7.24. The van der Waals surface area contributed by atoms with Crippen LogP contribution in [0.15, 0.2) is 18.2 Å². The van der Waals surface area contributed by atoms with Gasteiger partial charge in [0.05, 0.1) is 13.2 Å². The van der Waals surface area contributed by atoms with Crippen LogP contribution in [0.1, 0.15) is 29.2 Å². The van der Waals surface area contributed by atoms with Gasteiger partial charge in [0.1, 0.15) is 0 Å². The molecule has 2 atom stereocenters. The Kier molecular flexibility index (Phi) is 3.37. The van der Waals surface area contributed by atoms with Gasteiger partial charge in [0.2, 0.25) is 0 Å². The molecule has 0 saturated carbocycles. The Hall–Kier alpha value is -0.900.